The van der Waals surface area contributed by atoms with Crippen molar-refractivity contribution in [3.8, 4) is 23.0 Å². The highest BCUT2D eigenvalue weighted by Crippen LogP contribution is 2.32. The van der Waals surface area contributed by atoms with E-state index in [1.807, 2.05) is 12.1 Å². The summed E-state index contributed by atoms with van der Waals surface area (Å²) in [7, 11) is 3.16. The molecule has 25 heavy (non-hydrogen) atoms. The number of benzene rings is 2. The monoisotopic (exact) mass is 341 g/mol. The molecule has 0 spiro atoms. The molecule has 0 aliphatic carbocycles. The van der Waals surface area contributed by atoms with Crippen LogP contribution in [0.5, 0.6) is 23.0 Å². The van der Waals surface area contributed by atoms with Gasteiger partial charge in [0.05, 0.1) is 14.2 Å². The highest BCUT2D eigenvalue weighted by molar-refractivity contribution is 6.02. The van der Waals surface area contributed by atoms with Crippen molar-refractivity contribution in [2.24, 2.45) is 0 Å². The first-order chi connectivity index (χ1) is 12.2. The van der Waals surface area contributed by atoms with Crippen LogP contribution in [-0.4, -0.2) is 33.3 Å². The predicted octanol–water partition coefficient (Wildman–Crippen LogP) is 3.13. The molecule has 6 heteroatoms. The van der Waals surface area contributed by atoms with Gasteiger partial charge >= 0.3 is 0 Å². The largest absolute Gasteiger partial charge is 0.497 e. The molecule has 1 amide bonds. The maximum atomic E-state index is 12.1. The third-order valence-electron chi connectivity index (χ3n) is 3.61. The molecule has 1 N–H and O–H groups in total. The van der Waals surface area contributed by atoms with Crippen molar-refractivity contribution >= 4 is 17.7 Å². The van der Waals surface area contributed by atoms with Crippen molar-refractivity contribution in [1.29, 1.82) is 0 Å². The molecule has 0 fully saturated rings. The Hall–Kier alpha value is -3.15. The summed E-state index contributed by atoms with van der Waals surface area (Å²) in [5.74, 6) is 2.38. The minimum Gasteiger partial charge on any atom is -0.497 e. The van der Waals surface area contributed by atoms with Gasteiger partial charge in [0.15, 0.2) is 11.5 Å². The second-order valence-corrected chi connectivity index (χ2v) is 5.33. The lowest BCUT2D eigenvalue weighted by Crippen LogP contribution is -2.16. The third-order valence-corrected chi connectivity index (χ3v) is 3.61. The van der Waals surface area contributed by atoms with Crippen LogP contribution >= 0.6 is 0 Å². The van der Waals surface area contributed by atoms with Crippen molar-refractivity contribution in [3.63, 3.8) is 0 Å². The van der Waals surface area contributed by atoms with Crippen LogP contribution in [0.2, 0.25) is 0 Å². The van der Waals surface area contributed by atoms with Crippen molar-refractivity contribution in [2.45, 2.75) is 0 Å². The molecule has 0 saturated heterocycles. The predicted molar refractivity (Wildman–Crippen MR) is 94.6 cm³/mol. The van der Waals surface area contributed by atoms with E-state index in [4.69, 9.17) is 18.9 Å². The van der Waals surface area contributed by atoms with E-state index in [0.29, 0.717) is 41.9 Å². The van der Waals surface area contributed by atoms with Gasteiger partial charge in [-0.2, -0.15) is 0 Å². The Bertz CT molecular complexity index is 778. The Kier molecular flexibility index (Phi) is 5.09. The molecular formula is C19H19NO5. The molecule has 2 aromatic rings. The molecule has 0 radical (unpaired) electrons. The van der Waals surface area contributed by atoms with E-state index in [1.165, 1.54) is 6.08 Å². The minimum atomic E-state index is -0.251. The number of amides is 1. The van der Waals surface area contributed by atoms with Gasteiger partial charge in [0.1, 0.15) is 24.7 Å². The number of carbonyl (C=O) groups excluding carboxylic acids is 1. The van der Waals surface area contributed by atoms with Crippen molar-refractivity contribution in [2.75, 3.05) is 32.8 Å². The van der Waals surface area contributed by atoms with Gasteiger partial charge < -0.3 is 24.3 Å². The van der Waals surface area contributed by atoms with Crippen LogP contribution in [0.25, 0.3) is 6.08 Å². The lowest BCUT2D eigenvalue weighted by Gasteiger charge is -2.18. The molecule has 1 heterocycles. The lowest BCUT2D eigenvalue weighted by atomic mass is 10.2. The zero-order valence-corrected chi connectivity index (χ0v) is 14.1. The molecule has 0 atom stereocenters. The zero-order chi connectivity index (χ0) is 17.6. The van der Waals surface area contributed by atoms with Crippen LogP contribution < -0.4 is 24.3 Å². The fourth-order valence-electron chi connectivity index (χ4n) is 2.40. The Morgan fingerprint density at radius 3 is 2.36 bits per heavy atom. The molecule has 1 aliphatic rings. The van der Waals surface area contributed by atoms with Crippen LogP contribution in [0.15, 0.2) is 42.5 Å². The molecule has 3 rings (SSSR count). The quantitative estimate of drug-likeness (QED) is 0.847. The van der Waals surface area contributed by atoms with Gasteiger partial charge in [-0.05, 0) is 35.9 Å². The van der Waals surface area contributed by atoms with E-state index in [-0.39, 0.29) is 5.91 Å². The third kappa shape index (κ3) is 4.23. The molecule has 130 valence electrons. The number of hydrogen-bond donors (Lipinski definition) is 1. The van der Waals surface area contributed by atoms with E-state index in [1.54, 1.807) is 44.6 Å². The Balaban J connectivity index is 1.69. The number of methoxy groups -OCH3 is 2. The van der Waals surface area contributed by atoms with Crippen LogP contribution in [-0.2, 0) is 4.79 Å². The Morgan fingerprint density at radius 1 is 1.00 bits per heavy atom. The number of ether oxygens (including phenoxy) is 4. The molecule has 6 nitrogen and oxygen atoms in total. The van der Waals surface area contributed by atoms with Crippen LogP contribution in [0.1, 0.15) is 5.56 Å². The van der Waals surface area contributed by atoms with Crippen molar-refractivity contribution in [1.82, 2.24) is 0 Å². The average molecular weight is 341 g/mol. The standard InChI is InChI=1S/C19H19NO5/c1-22-15-9-13(10-16(12-15)23-2)3-6-19(21)20-14-4-5-17-18(11-14)25-8-7-24-17/h3-6,9-12H,7-8H2,1-2H3,(H,20,21). The Labute approximate surface area is 146 Å². The summed E-state index contributed by atoms with van der Waals surface area (Å²) in [5.41, 5.74) is 1.44. The first kappa shape index (κ1) is 16.7. The average Bonchev–Trinajstić information content (AvgIpc) is 2.66. The molecule has 0 saturated carbocycles. The fraction of sp³-hybridized carbons (Fsp3) is 0.211. The van der Waals surface area contributed by atoms with Crippen molar-refractivity contribution < 1.29 is 23.7 Å². The number of hydrogen-bond acceptors (Lipinski definition) is 5. The van der Waals surface area contributed by atoms with Gasteiger partial charge in [-0.15, -0.1) is 0 Å². The Morgan fingerprint density at radius 2 is 1.68 bits per heavy atom. The molecule has 2 aromatic carbocycles. The summed E-state index contributed by atoms with van der Waals surface area (Å²) < 4.78 is 21.4. The van der Waals surface area contributed by atoms with Gasteiger partial charge in [-0.1, -0.05) is 0 Å². The van der Waals surface area contributed by atoms with E-state index in [9.17, 15) is 4.79 Å². The van der Waals surface area contributed by atoms with E-state index in [2.05, 4.69) is 5.32 Å². The summed E-state index contributed by atoms with van der Waals surface area (Å²) in [6.07, 6.45) is 3.14. The number of anilines is 1. The first-order valence-electron chi connectivity index (χ1n) is 7.80. The SMILES string of the molecule is COc1cc(C=CC(=O)Nc2ccc3c(c2)OCCO3)cc(OC)c1. The summed E-state index contributed by atoms with van der Waals surface area (Å²) in [4.78, 5) is 12.1. The van der Waals surface area contributed by atoms with Gasteiger partial charge in [-0.3, -0.25) is 4.79 Å². The number of carbonyl (C=O) groups is 1. The molecule has 0 aromatic heterocycles. The molecule has 1 aliphatic heterocycles. The van der Waals surface area contributed by atoms with Crippen LogP contribution in [0.3, 0.4) is 0 Å². The van der Waals surface area contributed by atoms with Gasteiger partial charge in [0.2, 0.25) is 5.91 Å². The van der Waals surface area contributed by atoms with Gasteiger partial charge in [0.25, 0.3) is 0 Å². The second-order valence-electron chi connectivity index (χ2n) is 5.33. The lowest BCUT2D eigenvalue weighted by molar-refractivity contribution is -0.111. The number of fused-ring (bicyclic) bond motifs is 1. The zero-order valence-electron chi connectivity index (χ0n) is 14.1. The summed E-state index contributed by atoms with van der Waals surface area (Å²) in [5, 5.41) is 2.80. The summed E-state index contributed by atoms with van der Waals surface area (Å²) in [6.45, 7) is 1.04. The first-order valence-corrected chi connectivity index (χ1v) is 7.80. The summed E-state index contributed by atoms with van der Waals surface area (Å²) in [6, 6.07) is 10.7. The smallest absolute Gasteiger partial charge is 0.248 e. The number of rotatable bonds is 5. The minimum absolute atomic E-state index is 0.251. The highest BCUT2D eigenvalue weighted by Gasteiger charge is 2.12. The van der Waals surface area contributed by atoms with Crippen LogP contribution in [0.4, 0.5) is 5.69 Å². The highest BCUT2D eigenvalue weighted by atomic mass is 16.6. The van der Waals surface area contributed by atoms with Gasteiger partial charge in [-0.25, -0.2) is 0 Å². The maximum absolute atomic E-state index is 12.1. The fourth-order valence-corrected chi connectivity index (χ4v) is 2.40. The summed E-state index contributed by atoms with van der Waals surface area (Å²) >= 11 is 0. The van der Waals surface area contributed by atoms with Crippen LogP contribution in [0, 0.1) is 0 Å². The second kappa shape index (κ2) is 7.61. The normalized spacial score (nSPS) is 12.7. The molecule has 0 unspecified atom stereocenters. The van der Waals surface area contributed by atoms with Crippen molar-refractivity contribution in [3.05, 3.63) is 48.0 Å². The van der Waals surface area contributed by atoms with E-state index >= 15 is 0 Å². The molecule has 0 bridgehead atoms. The topological polar surface area (TPSA) is 66.0 Å². The van der Waals surface area contributed by atoms with E-state index in [0.717, 1.165) is 5.56 Å². The van der Waals surface area contributed by atoms with Gasteiger partial charge in [0, 0.05) is 23.9 Å². The number of nitrogens with one attached hydrogen (secondary N) is 1. The maximum Gasteiger partial charge on any atom is 0.248 e. The van der Waals surface area contributed by atoms with E-state index < -0.39 is 0 Å². The molecular weight excluding hydrogens is 322 g/mol.